The number of nitrogens with zero attached hydrogens (tertiary/aromatic N) is 3. The van der Waals surface area contributed by atoms with Crippen molar-refractivity contribution in [3.05, 3.63) is 45.7 Å². The summed E-state index contributed by atoms with van der Waals surface area (Å²) in [6.45, 7) is 6.11. The van der Waals surface area contributed by atoms with E-state index >= 15 is 0 Å². The fourth-order valence-electron chi connectivity index (χ4n) is 2.92. The van der Waals surface area contributed by atoms with Crippen molar-refractivity contribution in [2.75, 3.05) is 33.2 Å². The number of piperazine rings is 1. The summed E-state index contributed by atoms with van der Waals surface area (Å²) in [5.41, 5.74) is 2.53. The van der Waals surface area contributed by atoms with Crippen molar-refractivity contribution in [3.8, 4) is 11.3 Å². The maximum Gasteiger partial charge on any atom is 0.264 e. The minimum atomic E-state index is -3.57. The van der Waals surface area contributed by atoms with Gasteiger partial charge in [-0.05, 0) is 50.2 Å². The molecular weight excluding hydrogens is 340 g/mol. The van der Waals surface area contributed by atoms with Gasteiger partial charge >= 0.3 is 0 Å². The Morgan fingerprint density at radius 1 is 1.08 bits per heavy atom. The van der Waals surface area contributed by atoms with Gasteiger partial charge in [0.2, 0.25) is 10.0 Å². The van der Waals surface area contributed by atoms with Gasteiger partial charge in [0, 0.05) is 37.8 Å². The van der Waals surface area contributed by atoms with E-state index in [2.05, 4.69) is 15.1 Å². The molecule has 0 saturated carbocycles. The summed E-state index contributed by atoms with van der Waals surface area (Å²) in [4.78, 5) is 13.6. The number of benzene rings is 1. The van der Waals surface area contributed by atoms with E-state index in [1.54, 1.807) is 16.4 Å². The smallest absolute Gasteiger partial charge is 0.264 e. The zero-order chi connectivity index (χ0) is 18.2. The summed E-state index contributed by atoms with van der Waals surface area (Å²) in [6, 6.07) is 6.51. The number of aromatic amines is 1. The molecule has 25 heavy (non-hydrogen) atoms. The summed E-state index contributed by atoms with van der Waals surface area (Å²) in [5, 5.41) is 6.40. The number of sulfonamides is 1. The van der Waals surface area contributed by atoms with Gasteiger partial charge in [-0.3, -0.25) is 4.79 Å². The van der Waals surface area contributed by atoms with Crippen LogP contribution in [0, 0.1) is 13.8 Å². The third kappa shape index (κ3) is 3.51. The van der Waals surface area contributed by atoms with Gasteiger partial charge in [-0.2, -0.15) is 9.40 Å². The van der Waals surface area contributed by atoms with Gasteiger partial charge in [-0.25, -0.2) is 13.5 Å². The Morgan fingerprint density at radius 2 is 1.76 bits per heavy atom. The van der Waals surface area contributed by atoms with Crippen LogP contribution in [0.25, 0.3) is 11.3 Å². The van der Waals surface area contributed by atoms with Gasteiger partial charge in [0.1, 0.15) is 0 Å². The van der Waals surface area contributed by atoms with Gasteiger partial charge in [0.25, 0.3) is 5.56 Å². The lowest BCUT2D eigenvalue weighted by Crippen LogP contribution is -2.47. The molecule has 8 heteroatoms. The fourth-order valence-corrected chi connectivity index (χ4v) is 4.66. The number of aromatic nitrogens is 2. The van der Waals surface area contributed by atoms with Gasteiger partial charge in [0.05, 0.1) is 10.6 Å². The van der Waals surface area contributed by atoms with Crippen LogP contribution in [0.2, 0.25) is 0 Å². The Morgan fingerprint density at radius 3 is 2.36 bits per heavy atom. The van der Waals surface area contributed by atoms with Crippen molar-refractivity contribution >= 4 is 10.0 Å². The van der Waals surface area contributed by atoms with Crippen LogP contribution < -0.4 is 5.56 Å². The Hall–Kier alpha value is -2.03. The standard InChI is InChI=1S/C17H22N4O3S/c1-12-10-14(15-4-5-17(22)19-18-15)11-16(13(12)2)25(23,24)21-8-6-20(3)7-9-21/h4-5,10-11H,6-9H2,1-3H3,(H,19,22). The Kier molecular flexibility index (Phi) is 4.77. The molecule has 1 N–H and O–H groups in total. The summed E-state index contributed by atoms with van der Waals surface area (Å²) in [6.07, 6.45) is 0. The first kappa shape index (κ1) is 17.8. The highest BCUT2D eigenvalue weighted by Crippen LogP contribution is 2.28. The van der Waals surface area contributed by atoms with Crippen molar-refractivity contribution < 1.29 is 8.42 Å². The van der Waals surface area contributed by atoms with Crippen LogP contribution in [0.15, 0.2) is 34.0 Å². The molecule has 0 aliphatic carbocycles. The summed E-state index contributed by atoms with van der Waals surface area (Å²) in [7, 11) is -1.58. The van der Waals surface area contributed by atoms with E-state index in [1.165, 1.54) is 6.07 Å². The summed E-state index contributed by atoms with van der Waals surface area (Å²) >= 11 is 0. The van der Waals surface area contributed by atoms with Crippen LogP contribution in [-0.4, -0.2) is 61.0 Å². The van der Waals surface area contributed by atoms with Crippen LogP contribution in [0.5, 0.6) is 0 Å². The average Bonchev–Trinajstić information content (AvgIpc) is 2.58. The molecule has 1 saturated heterocycles. The van der Waals surface area contributed by atoms with Crippen molar-refractivity contribution in [2.45, 2.75) is 18.7 Å². The second kappa shape index (κ2) is 6.70. The lowest BCUT2D eigenvalue weighted by Gasteiger charge is -2.32. The highest BCUT2D eigenvalue weighted by molar-refractivity contribution is 7.89. The van der Waals surface area contributed by atoms with Gasteiger partial charge in [-0.15, -0.1) is 0 Å². The highest BCUT2D eigenvalue weighted by Gasteiger charge is 2.29. The average molecular weight is 362 g/mol. The van der Waals surface area contributed by atoms with E-state index in [4.69, 9.17) is 0 Å². The number of hydrogen-bond donors (Lipinski definition) is 1. The monoisotopic (exact) mass is 362 g/mol. The minimum absolute atomic E-state index is 0.294. The number of H-pyrrole nitrogens is 1. The van der Waals surface area contributed by atoms with Gasteiger partial charge in [0.15, 0.2) is 0 Å². The molecule has 0 amide bonds. The second-order valence-corrected chi connectivity index (χ2v) is 8.34. The number of aryl methyl sites for hydroxylation is 1. The normalized spacial score (nSPS) is 16.9. The topological polar surface area (TPSA) is 86.4 Å². The van der Waals surface area contributed by atoms with E-state index in [0.717, 1.165) is 24.2 Å². The molecule has 1 aromatic heterocycles. The van der Waals surface area contributed by atoms with Crippen molar-refractivity contribution in [1.82, 2.24) is 19.4 Å². The van der Waals surface area contributed by atoms with Crippen molar-refractivity contribution in [2.24, 2.45) is 0 Å². The zero-order valence-electron chi connectivity index (χ0n) is 14.6. The summed E-state index contributed by atoms with van der Waals surface area (Å²) in [5.74, 6) is 0. The number of nitrogens with one attached hydrogen (secondary N) is 1. The second-order valence-electron chi connectivity index (χ2n) is 6.43. The molecule has 0 spiro atoms. The minimum Gasteiger partial charge on any atom is -0.304 e. The molecule has 3 rings (SSSR count). The molecular formula is C17H22N4O3S. The Balaban J connectivity index is 2.06. The molecule has 1 aliphatic heterocycles. The Bertz CT molecular complexity index is 924. The molecule has 0 radical (unpaired) electrons. The maximum atomic E-state index is 13.1. The lowest BCUT2D eigenvalue weighted by atomic mass is 10.0. The van der Waals surface area contributed by atoms with Crippen LogP contribution >= 0.6 is 0 Å². The first-order chi connectivity index (χ1) is 11.8. The summed E-state index contributed by atoms with van der Waals surface area (Å²) < 4.78 is 27.8. The molecule has 7 nitrogen and oxygen atoms in total. The molecule has 0 unspecified atom stereocenters. The SMILES string of the molecule is Cc1cc(-c2ccc(=O)[nH]n2)cc(S(=O)(=O)N2CCN(C)CC2)c1C. The van der Waals surface area contributed by atoms with E-state index in [9.17, 15) is 13.2 Å². The van der Waals surface area contributed by atoms with Crippen LogP contribution in [0.3, 0.4) is 0 Å². The van der Waals surface area contributed by atoms with E-state index in [0.29, 0.717) is 29.2 Å². The first-order valence-corrected chi connectivity index (χ1v) is 9.59. The molecule has 0 bridgehead atoms. The van der Waals surface area contributed by atoms with Crippen LogP contribution in [0.1, 0.15) is 11.1 Å². The van der Waals surface area contributed by atoms with E-state index < -0.39 is 10.0 Å². The molecule has 2 aromatic rings. The van der Waals surface area contributed by atoms with Crippen LogP contribution in [0.4, 0.5) is 0 Å². The predicted molar refractivity (Wildman–Crippen MR) is 96.0 cm³/mol. The van der Waals surface area contributed by atoms with Crippen LogP contribution in [-0.2, 0) is 10.0 Å². The van der Waals surface area contributed by atoms with Crippen molar-refractivity contribution in [1.29, 1.82) is 0 Å². The third-order valence-corrected chi connectivity index (χ3v) is 6.70. The molecule has 1 aliphatic rings. The first-order valence-electron chi connectivity index (χ1n) is 8.15. The van der Waals surface area contributed by atoms with Crippen molar-refractivity contribution in [3.63, 3.8) is 0 Å². The van der Waals surface area contributed by atoms with Gasteiger partial charge < -0.3 is 4.90 Å². The fraction of sp³-hybridized carbons (Fsp3) is 0.412. The third-order valence-electron chi connectivity index (χ3n) is 4.67. The molecule has 2 heterocycles. The Labute approximate surface area is 147 Å². The number of hydrogen-bond acceptors (Lipinski definition) is 5. The predicted octanol–water partition coefficient (Wildman–Crippen LogP) is 0.990. The molecule has 1 aromatic carbocycles. The molecule has 0 atom stereocenters. The zero-order valence-corrected chi connectivity index (χ0v) is 15.4. The largest absolute Gasteiger partial charge is 0.304 e. The van der Waals surface area contributed by atoms with E-state index in [-0.39, 0.29) is 5.56 Å². The number of rotatable bonds is 3. The lowest BCUT2D eigenvalue weighted by molar-refractivity contribution is 0.222. The quantitative estimate of drug-likeness (QED) is 0.880. The molecule has 1 fully saturated rings. The maximum absolute atomic E-state index is 13.1. The highest BCUT2D eigenvalue weighted by atomic mass is 32.2. The van der Waals surface area contributed by atoms with Gasteiger partial charge in [-0.1, -0.05) is 0 Å². The molecule has 134 valence electrons. The number of likely N-dealkylation sites (N-methyl/N-ethyl adjacent to an activating group) is 1. The van der Waals surface area contributed by atoms with E-state index in [1.807, 2.05) is 27.0 Å².